The monoisotopic (exact) mass is 256 g/mol. The molecule has 0 aliphatic rings. The van der Waals surface area contributed by atoms with E-state index in [9.17, 15) is 9.59 Å². The Morgan fingerprint density at radius 2 is 2.14 bits per heavy atom. The third-order valence-electron chi connectivity index (χ3n) is 1.64. The Kier molecular flexibility index (Phi) is 3.41. The lowest BCUT2D eigenvalue weighted by atomic mass is 10.1. The topological polar surface area (TPSA) is 43.4 Å². The van der Waals surface area contributed by atoms with E-state index in [0.717, 1.165) is 10.0 Å². The molecule has 0 N–H and O–H groups in total. The molecule has 0 saturated heterocycles. The van der Waals surface area contributed by atoms with Crippen molar-refractivity contribution < 1.29 is 14.3 Å². The molecule has 1 aromatic carbocycles. The van der Waals surface area contributed by atoms with Crippen molar-refractivity contribution in [2.75, 3.05) is 0 Å². The van der Waals surface area contributed by atoms with Crippen molar-refractivity contribution in [3.05, 3.63) is 27.7 Å². The van der Waals surface area contributed by atoms with Crippen LogP contribution in [0, 0.1) is 6.92 Å². The molecule has 1 aromatic rings. The van der Waals surface area contributed by atoms with Crippen LogP contribution < -0.4 is 4.74 Å². The molecule has 4 heteroatoms. The highest BCUT2D eigenvalue weighted by Gasteiger charge is 2.10. The molecule has 0 aromatic heterocycles. The summed E-state index contributed by atoms with van der Waals surface area (Å²) in [4.78, 5) is 21.5. The van der Waals surface area contributed by atoms with E-state index in [1.165, 1.54) is 6.92 Å². The smallest absolute Gasteiger partial charge is 0.308 e. The zero-order valence-corrected chi connectivity index (χ0v) is 9.42. The molecule has 0 spiro atoms. The maximum atomic E-state index is 10.8. The van der Waals surface area contributed by atoms with Crippen LogP contribution in [0.2, 0.25) is 0 Å². The van der Waals surface area contributed by atoms with Crippen molar-refractivity contribution in [2.24, 2.45) is 0 Å². The average Bonchev–Trinajstić information content (AvgIpc) is 2.08. The van der Waals surface area contributed by atoms with Gasteiger partial charge in [0.1, 0.15) is 5.75 Å². The fraction of sp³-hybridized carbons (Fsp3) is 0.200. The molecule has 3 nitrogen and oxygen atoms in total. The number of ether oxygens (including phenoxy) is 1. The predicted molar refractivity (Wildman–Crippen MR) is 55.6 cm³/mol. The van der Waals surface area contributed by atoms with Gasteiger partial charge >= 0.3 is 5.97 Å². The molecule has 74 valence electrons. The number of hydrogen-bond acceptors (Lipinski definition) is 3. The van der Waals surface area contributed by atoms with Crippen molar-refractivity contribution in [3.63, 3.8) is 0 Å². The van der Waals surface area contributed by atoms with Crippen LogP contribution in [-0.4, -0.2) is 12.3 Å². The fourth-order valence-corrected chi connectivity index (χ4v) is 1.72. The van der Waals surface area contributed by atoms with E-state index in [-0.39, 0.29) is 0 Å². The van der Waals surface area contributed by atoms with Crippen LogP contribution in [0.25, 0.3) is 0 Å². The van der Waals surface area contributed by atoms with Gasteiger partial charge in [-0.25, -0.2) is 0 Å². The first-order chi connectivity index (χ1) is 6.54. The van der Waals surface area contributed by atoms with Gasteiger partial charge in [-0.15, -0.1) is 0 Å². The maximum absolute atomic E-state index is 10.8. The van der Waals surface area contributed by atoms with Crippen molar-refractivity contribution in [1.29, 1.82) is 0 Å². The summed E-state index contributed by atoms with van der Waals surface area (Å²) in [5.41, 5.74) is 1.11. The summed E-state index contributed by atoms with van der Waals surface area (Å²) in [6.45, 7) is 3.08. The van der Waals surface area contributed by atoms with Gasteiger partial charge in [0.15, 0.2) is 6.29 Å². The van der Waals surface area contributed by atoms with Gasteiger partial charge in [0, 0.05) is 11.4 Å². The van der Waals surface area contributed by atoms with Gasteiger partial charge in [-0.05, 0) is 24.6 Å². The van der Waals surface area contributed by atoms with Gasteiger partial charge < -0.3 is 4.74 Å². The molecule has 1 rings (SSSR count). The van der Waals surface area contributed by atoms with Crippen molar-refractivity contribution in [1.82, 2.24) is 0 Å². The van der Waals surface area contributed by atoms with Crippen molar-refractivity contribution in [2.45, 2.75) is 13.8 Å². The number of carbonyl (C=O) groups is 2. The minimum Gasteiger partial charge on any atom is -0.426 e. The number of esters is 1. The summed E-state index contributed by atoms with van der Waals surface area (Å²) in [6.07, 6.45) is 0.663. The largest absolute Gasteiger partial charge is 0.426 e. The summed E-state index contributed by atoms with van der Waals surface area (Å²) in [7, 11) is 0. The molecule has 0 bridgehead atoms. The molecular formula is C10H9BrO3. The lowest BCUT2D eigenvalue weighted by Crippen LogP contribution is -2.05. The second kappa shape index (κ2) is 4.37. The first-order valence-corrected chi connectivity index (χ1v) is 4.77. The number of halogens is 1. The van der Waals surface area contributed by atoms with E-state index in [1.807, 2.05) is 0 Å². The van der Waals surface area contributed by atoms with E-state index in [4.69, 9.17) is 4.74 Å². The second-order valence-corrected chi connectivity index (χ2v) is 3.77. The Balaban J connectivity index is 3.24. The highest BCUT2D eigenvalue weighted by molar-refractivity contribution is 9.10. The number of aldehydes is 1. The zero-order chi connectivity index (χ0) is 10.7. The summed E-state index contributed by atoms with van der Waals surface area (Å²) in [5, 5.41) is 0. The molecular weight excluding hydrogens is 248 g/mol. The summed E-state index contributed by atoms with van der Waals surface area (Å²) < 4.78 is 5.72. The van der Waals surface area contributed by atoms with Crippen LogP contribution in [0.15, 0.2) is 16.6 Å². The van der Waals surface area contributed by atoms with Crippen LogP contribution >= 0.6 is 15.9 Å². The Morgan fingerprint density at radius 1 is 1.50 bits per heavy atom. The summed E-state index contributed by atoms with van der Waals surface area (Å²) >= 11 is 3.25. The Labute approximate surface area is 90.2 Å². The zero-order valence-electron chi connectivity index (χ0n) is 7.83. The minimum atomic E-state index is -0.432. The van der Waals surface area contributed by atoms with E-state index >= 15 is 0 Å². The standard InChI is InChI=1S/C10H9BrO3/c1-6-3-9(11)4-8(5-12)10(6)14-7(2)13/h3-5H,1-2H3. The van der Waals surface area contributed by atoms with Crippen molar-refractivity contribution >= 4 is 28.2 Å². The maximum Gasteiger partial charge on any atom is 0.308 e. The first-order valence-electron chi connectivity index (χ1n) is 3.98. The number of carbonyl (C=O) groups excluding carboxylic acids is 2. The number of rotatable bonds is 2. The van der Waals surface area contributed by atoms with Gasteiger partial charge in [0.25, 0.3) is 0 Å². The normalized spacial score (nSPS) is 9.64. The third-order valence-corrected chi connectivity index (χ3v) is 2.10. The van der Waals surface area contributed by atoms with Crippen LogP contribution in [-0.2, 0) is 4.79 Å². The fourth-order valence-electron chi connectivity index (χ4n) is 1.13. The average molecular weight is 257 g/mol. The highest BCUT2D eigenvalue weighted by atomic mass is 79.9. The molecule has 0 amide bonds. The van der Waals surface area contributed by atoms with Gasteiger partial charge in [-0.2, -0.15) is 0 Å². The predicted octanol–water partition coefficient (Wildman–Crippen LogP) is 2.50. The molecule has 0 heterocycles. The van der Waals surface area contributed by atoms with Crippen LogP contribution in [0.5, 0.6) is 5.75 Å². The number of benzene rings is 1. The molecule has 0 unspecified atom stereocenters. The van der Waals surface area contributed by atoms with E-state index in [1.54, 1.807) is 19.1 Å². The minimum absolute atomic E-state index is 0.329. The molecule has 14 heavy (non-hydrogen) atoms. The van der Waals surface area contributed by atoms with Crippen LogP contribution in [0.1, 0.15) is 22.8 Å². The Morgan fingerprint density at radius 3 is 2.64 bits per heavy atom. The Hall–Kier alpha value is -1.16. The van der Waals surface area contributed by atoms with Gasteiger partial charge in [-0.1, -0.05) is 15.9 Å². The third kappa shape index (κ3) is 2.42. The lowest BCUT2D eigenvalue weighted by Gasteiger charge is -2.08. The summed E-state index contributed by atoms with van der Waals surface area (Å²) in [5.74, 6) is -0.103. The van der Waals surface area contributed by atoms with E-state index < -0.39 is 5.97 Å². The van der Waals surface area contributed by atoms with Gasteiger partial charge in [0.05, 0.1) is 5.56 Å². The summed E-state index contributed by atoms with van der Waals surface area (Å²) in [6, 6.07) is 3.39. The molecule has 0 saturated carbocycles. The molecule has 0 aliphatic heterocycles. The van der Waals surface area contributed by atoms with Crippen LogP contribution in [0.3, 0.4) is 0 Å². The lowest BCUT2D eigenvalue weighted by molar-refractivity contribution is -0.131. The van der Waals surface area contributed by atoms with E-state index in [2.05, 4.69) is 15.9 Å². The van der Waals surface area contributed by atoms with E-state index in [0.29, 0.717) is 17.6 Å². The highest BCUT2D eigenvalue weighted by Crippen LogP contribution is 2.26. The molecule has 0 fully saturated rings. The SMILES string of the molecule is CC(=O)Oc1c(C)cc(Br)cc1C=O. The quantitative estimate of drug-likeness (QED) is 0.464. The van der Waals surface area contributed by atoms with Gasteiger partial charge in [-0.3, -0.25) is 9.59 Å². The Bertz CT molecular complexity index is 385. The molecule has 0 radical (unpaired) electrons. The van der Waals surface area contributed by atoms with Crippen LogP contribution in [0.4, 0.5) is 0 Å². The van der Waals surface area contributed by atoms with Crippen molar-refractivity contribution in [3.8, 4) is 5.75 Å². The van der Waals surface area contributed by atoms with Gasteiger partial charge in [0.2, 0.25) is 0 Å². The number of aryl methyl sites for hydroxylation is 1. The first kappa shape index (κ1) is 10.9. The molecule has 0 aliphatic carbocycles. The molecule has 0 atom stereocenters. The number of hydrogen-bond donors (Lipinski definition) is 0. The second-order valence-electron chi connectivity index (χ2n) is 2.85.